The second-order valence-electron chi connectivity index (χ2n) is 6.92. The number of hydrogen-bond donors (Lipinski definition) is 0. The van der Waals surface area contributed by atoms with Crippen molar-refractivity contribution < 1.29 is 4.74 Å². The Kier molecular flexibility index (Phi) is 4.71. The van der Waals surface area contributed by atoms with E-state index in [1.165, 1.54) is 16.9 Å². The molecule has 3 heterocycles. The molecule has 2 aromatic rings. The number of hydrogen-bond acceptors (Lipinski definition) is 5. The predicted octanol–water partition coefficient (Wildman–Crippen LogP) is 3.87. The lowest BCUT2D eigenvalue weighted by atomic mass is 9.89. The van der Waals surface area contributed by atoms with Gasteiger partial charge in [-0.15, -0.1) is 11.3 Å². The average Bonchev–Trinajstić information content (AvgIpc) is 3.19. The fraction of sp³-hybridized carbons (Fsp3) is 0.667. The highest BCUT2D eigenvalue weighted by molar-refractivity contribution is 7.99. The minimum atomic E-state index is 0.157. The molecular weight excluding hydrogens is 340 g/mol. The molecule has 1 fully saturated rings. The molecule has 0 aromatic carbocycles. The summed E-state index contributed by atoms with van der Waals surface area (Å²) in [7, 11) is 0. The molecule has 6 heteroatoms. The van der Waals surface area contributed by atoms with Crippen LogP contribution < -0.4 is 5.56 Å². The lowest BCUT2D eigenvalue weighted by Gasteiger charge is -2.17. The Morgan fingerprint density at radius 1 is 1.42 bits per heavy atom. The quantitative estimate of drug-likeness (QED) is 0.610. The predicted molar refractivity (Wildman–Crippen MR) is 100 cm³/mol. The second-order valence-corrected chi connectivity index (χ2v) is 8.99. The molecule has 2 aromatic heterocycles. The first-order chi connectivity index (χ1) is 11.7. The Balaban J connectivity index is 1.73. The molecule has 4 rings (SSSR count). The first kappa shape index (κ1) is 16.6. The molecule has 0 amide bonds. The summed E-state index contributed by atoms with van der Waals surface area (Å²) in [6, 6.07) is 0. The van der Waals surface area contributed by atoms with E-state index < -0.39 is 0 Å². The third-order valence-electron chi connectivity index (χ3n) is 5.12. The van der Waals surface area contributed by atoms with E-state index in [1.807, 2.05) is 11.5 Å². The van der Waals surface area contributed by atoms with Gasteiger partial charge in [0.2, 0.25) is 0 Å². The smallest absolute Gasteiger partial charge is 0.263 e. The van der Waals surface area contributed by atoms with Gasteiger partial charge in [-0.3, -0.25) is 9.36 Å². The van der Waals surface area contributed by atoms with E-state index in [9.17, 15) is 4.79 Å². The van der Waals surface area contributed by atoms with Gasteiger partial charge >= 0.3 is 0 Å². The maximum atomic E-state index is 13.1. The van der Waals surface area contributed by atoms with E-state index in [0.717, 1.165) is 53.4 Å². The highest BCUT2D eigenvalue weighted by Crippen LogP contribution is 2.36. The van der Waals surface area contributed by atoms with Crippen LogP contribution in [0.4, 0.5) is 0 Å². The molecule has 0 spiro atoms. The van der Waals surface area contributed by atoms with Crippen molar-refractivity contribution in [2.45, 2.75) is 63.8 Å². The van der Waals surface area contributed by atoms with Crippen LogP contribution in [0.3, 0.4) is 0 Å². The van der Waals surface area contributed by atoms with Gasteiger partial charge in [-0.1, -0.05) is 18.7 Å². The monoisotopic (exact) mass is 364 g/mol. The van der Waals surface area contributed by atoms with Gasteiger partial charge in [0, 0.05) is 23.8 Å². The fourth-order valence-electron chi connectivity index (χ4n) is 3.74. The molecule has 0 radical (unpaired) electrons. The maximum absolute atomic E-state index is 13.1. The summed E-state index contributed by atoms with van der Waals surface area (Å²) < 4.78 is 7.56. The first-order valence-electron chi connectivity index (χ1n) is 8.96. The van der Waals surface area contributed by atoms with Crippen LogP contribution in [0.15, 0.2) is 9.95 Å². The molecular formula is C18H24N2O2S2. The minimum absolute atomic E-state index is 0.157. The van der Waals surface area contributed by atoms with Crippen LogP contribution >= 0.6 is 23.1 Å². The van der Waals surface area contributed by atoms with Gasteiger partial charge < -0.3 is 4.74 Å². The SMILES string of the molecule is CCn1c(SCC2CCCO2)nc2sc3c(c2c1=O)CCC(C)C3. The standard InChI is InChI=1S/C18H24N2O2S2/c1-3-20-17(21)15-13-7-6-11(2)9-14(13)24-16(15)19-18(20)23-10-12-5-4-8-22-12/h11-12H,3-10H2,1-2H3. The molecule has 0 bridgehead atoms. The number of aryl methyl sites for hydroxylation is 1. The number of fused-ring (bicyclic) bond motifs is 3. The molecule has 1 aliphatic heterocycles. The molecule has 1 aliphatic carbocycles. The van der Waals surface area contributed by atoms with Crippen LogP contribution in [0.5, 0.6) is 0 Å². The largest absolute Gasteiger partial charge is 0.377 e. The maximum Gasteiger partial charge on any atom is 0.263 e. The fourth-order valence-corrected chi connectivity index (χ4v) is 6.29. The van der Waals surface area contributed by atoms with E-state index in [-0.39, 0.29) is 5.56 Å². The van der Waals surface area contributed by atoms with Crippen molar-refractivity contribution in [3.05, 3.63) is 20.8 Å². The zero-order chi connectivity index (χ0) is 16.7. The summed E-state index contributed by atoms with van der Waals surface area (Å²) in [5, 5.41) is 1.75. The van der Waals surface area contributed by atoms with Gasteiger partial charge in [-0.05, 0) is 50.5 Å². The molecule has 24 heavy (non-hydrogen) atoms. The van der Waals surface area contributed by atoms with Crippen molar-refractivity contribution in [1.29, 1.82) is 0 Å². The summed E-state index contributed by atoms with van der Waals surface area (Å²) in [4.78, 5) is 20.3. The van der Waals surface area contributed by atoms with Crippen LogP contribution in [-0.2, 0) is 24.1 Å². The van der Waals surface area contributed by atoms with Crippen molar-refractivity contribution in [2.24, 2.45) is 5.92 Å². The van der Waals surface area contributed by atoms with Gasteiger partial charge in [-0.2, -0.15) is 0 Å². The van der Waals surface area contributed by atoms with Crippen molar-refractivity contribution in [3.8, 4) is 0 Å². The van der Waals surface area contributed by atoms with E-state index in [2.05, 4.69) is 6.92 Å². The number of aromatic nitrogens is 2. The zero-order valence-electron chi connectivity index (χ0n) is 14.3. The lowest BCUT2D eigenvalue weighted by molar-refractivity contribution is 0.129. The minimum Gasteiger partial charge on any atom is -0.377 e. The second kappa shape index (κ2) is 6.81. The van der Waals surface area contributed by atoms with E-state index in [4.69, 9.17) is 9.72 Å². The molecule has 1 saturated heterocycles. The topological polar surface area (TPSA) is 44.1 Å². The Bertz CT molecular complexity index is 805. The average molecular weight is 365 g/mol. The third kappa shape index (κ3) is 2.93. The van der Waals surface area contributed by atoms with Gasteiger partial charge in [-0.25, -0.2) is 4.98 Å². The van der Waals surface area contributed by atoms with E-state index >= 15 is 0 Å². The van der Waals surface area contributed by atoms with Crippen LogP contribution in [0.25, 0.3) is 10.2 Å². The van der Waals surface area contributed by atoms with Crippen LogP contribution in [0.1, 0.15) is 43.6 Å². The van der Waals surface area contributed by atoms with Crippen LogP contribution in [0.2, 0.25) is 0 Å². The van der Waals surface area contributed by atoms with Crippen molar-refractivity contribution in [2.75, 3.05) is 12.4 Å². The number of ether oxygens (including phenoxy) is 1. The highest BCUT2D eigenvalue weighted by atomic mass is 32.2. The van der Waals surface area contributed by atoms with Gasteiger partial charge in [0.05, 0.1) is 11.5 Å². The van der Waals surface area contributed by atoms with E-state index in [1.54, 1.807) is 23.1 Å². The Morgan fingerprint density at radius 3 is 3.04 bits per heavy atom. The Labute approximate surface area is 150 Å². The summed E-state index contributed by atoms with van der Waals surface area (Å²) in [5.41, 5.74) is 1.44. The first-order valence-corrected chi connectivity index (χ1v) is 10.8. The summed E-state index contributed by atoms with van der Waals surface area (Å²) >= 11 is 3.42. The van der Waals surface area contributed by atoms with Crippen LogP contribution in [-0.4, -0.2) is 28.0 Å². The third-order valence-corrected chi connectivity index (χ3v) is 7.38. The molecule has 2 aliphatic rings. The summed E-state index contributed by atoms with van der Waals surface area (Å²) in [6.07, 6.45) is 5.88. The molecule has 130 valence electrons. The normalized spacial score (nSPS) is 23.8. The summed E-state index contributed by atoms with van der Waals surface area (Å²) in [6.45, 7) is 5.88. The molecule has 2 unspecified atom stereocenters. The number of thioether (sulfide) groups is 1. The van der Waals surface area contributed by atoms with Crippen molar-refractivity contribution >= 4 is 33.3 Å². The van der Waals surface area contributed by atoms with Gasteiger partial charge in [0.1, 0.15) is 4.83 Å². The van der Waals surface area contributed by atoms with Crippen LogP contribution in [0, 0.1) is 5.92 Å². The number of rotatable bonds is 4. The van der Waals surface area contributed by atoms with E-state index in [0.29, 0.717) is 18.6 Å². The zero-order valence-corrected chi connectivity index (χ0v) is 16.0. The number of thiophene rings is 1. The molecule has 4 nitrogen and oxygen atoms in total. The molecule has 2 atom stereocenters. The lowest BCUT2D eigenvalue weighted by Crippen LogP contribution is -2.24. The Hall–Kier alpha value is -0.850. The van der Waals surface area contributed by atoms with Crippen molar-refractivity contribution in [1.82, 2.24) is 9.55 Å². The molecule has 0 N–H and O–H groups in total. The molecule has 0 saturated carbocycles. The highest BCUT2D eigenvalue weighted by Gasteiger charge is 2.25. The Morgan fingerprint density at radius 2 is 2.29 bits per heavy atom. The van der Waals surface area contributed by atoms with Crippen molar-refractivity contribution in [3.63, 3.8) is 0 Å². The number of nitrogens with zero attached hydrogens (tertiary/aromatic N) is 2. The van der Waals surface area contributed by atoms with Gasteiger partial charge in [0.15, 0.2) is 5.16 Å². The van der Waals surface area contributed by atoms with Gasteiger partial charge in [0.25, 0.3) is 5.56 Å². The summed E-state index contributed by atoms with van der Waals surface area (Å²) in [5.74, 6) is 1.60.